The van der Waals surface area contributed by atoms with Crippen molar-refractivity contribution in [3.63, 3.8) is 0 Å². The summed E-state index contributed by atoms with van der Waals surface area (Å²) >= 11 is 24.1. The summed E-state index contributed by atoms with van der Waals surface area (Å²) in [6.45, 7) is 0. The van der Waals surface area contributed by atoms with Crippen LogP contribution in [0.1, 0.15) is 25.7 Å². The van der Waals surface area contributed by atoms with Gasteiger partial charge in [-0.3, -0.25) is 0 Å². The zero-order valence-electron chi connectivity index (χ0n) is 9.60. The first-order valence-electron chi connectivity index (χ1n) is 5.84. The Labute approximate surface area is 130 Å². The van der Waals surface area contributed by atoms with Gasteiger partial charge in [0.25, 0.3) is 0 Å². The molecule has 0 aromatic carbocycles. The van der Waals surface area contributed by atoms with Gasteiger partial charge in [0, 0.05) is 53.0 Å². The van der Waals surface area contributed by atoms with Gasteiger partial charge in [-0.15, -0.1) is 0 Å². The molecule has 0 N–H and O–H groups in total. The fourth-order valence-corrected chi connectivity index (χ4v) is 4.81. The number of halogens is 4. The van der Waals surface area contributed by atoms with Crippen LogP contribution in [0.25, 0.3) is 0 Å². The van der Waals surface area contributed by atoms with E-state index in [1.807, 2.05) is 0 Å². The zero-order chi connectivity index (χ0) is 13.9. The van der Waals surface area contributed by atoms with Crippen LogP contribution in [0.5, 0.6) is 0 Å². The molecule has 3 aliphatic rings. The van der Waals surface area contributed by atoms with Crippen LogP contribution < -0.4 is 0 Å². The van der Waals surface area contributed by atoms with Crippen LogP contribution >= 0.6 is 47.1 Å². The van der Waals surface area contributed by atoms with E-state index < -0.39 is 23.9 Å². The smallest absolute Gasteiger partial charge is 0.245 e. The van der Waals surface area contributed by atoms with Crippen LogP contribution in [0.4, 0.5) is 9.59 Å². The number of fused-ring (bicyclic) bond motifs is 1. The van der Waals surface area contributed by atoms with Crippen molar-refractivity contribution in [1.29, 1.82) is 0 Å². The van der Waals surface area contributed by atoms with Crippen molar-refractivity contribution in [2.24, 2.45) is 5.92 Å². The maximum absolute atomic E-state index is 12.0. The standard InChI is InChI=1S/C9H10Cl4N4O2/c10-14-6-9(16(12)7(14)18,5-3-1-2-4-5)17(13)8(19)15(6)11/h5-6H,1-4H2. The summed E-state index contributed by atoms with van der Waals surface area (Å²) in [6, 6.07) is -1.27. The predicted octanol–water partition coefficient (Wildman–Crippen LogP) is 3.29. The minimum absolute atomic E-state index is 0.0621. The predicted molar refractivity (Wildman–Crippen MR) is 70.0 cm³/mol. The fraction of sp³-hybridized carbons (Fsp3) is 0.778. The quantitative estimate of drug-likeness (QED) is 0.683. The third kappa shape index (κ3) is 1.46. The van der Waals surface area contributed by atoms with E-state index in [0.29, 0.717) is 0 Å². The van der Waals surface area contributed by atoms with Crippen molar-refractivity contribution < 1.29 is 9.59 Å². The summed E-state index contributed by atoms with van der Waals surface area (Å²) in [6.07, 6.45) is 2.68. The second-order valence-electron chi connectivity index (χ2n) is 4.89. The summed E-state index contributed by atoms with van der Waals surface area (Å²) in [4.78, 5) is 24.0. The van der Waals surface area contributed by atoms with E-state index in [1.54, 1.807) is 0 Å². The third-order valence-electron chi connectivity index (χ3n) is 4.10. The molecule has 0 bridgehead atoms. The molecular weight excluding hydrogens is 338 g/mol. The minimum Gasteiger partial charge on any atom is -0.245 e. The molecule has 6 nitrogen and oxygen atoms in total. The lowest BCUT2D eigenvalue weighted by Gasteiger charge is -2.39. The maximum Gasteiger partial charge on any atom is 0.353 e. The van der Waals surface area contributed by atoms with Gasteiger partial charge in [-0.2, -0.15) is 0 Å². The van der Waals surface area contributed by atoms with Crippen LogP contribution in [0.3, 0.4) is 0 Å². The van der Waals surface area contributed by atoms with Crippen LogP contribution in [0, 0.1) is 5.92 Å². The number of urea groups is 2. The van der Waals surface area contributed by atoms with E-state index in [9.17, 15) is 9.59 Å². The molecular formula is C9H10Cl4N4O2. The Balaban J connectivity index is 2.14. The second kappa shape index (κ2) is 4.35. The molecule has 0 spiro atoms. The molecule has 10 heteroatoms. The van der Waals surface area contributed by atoms with Crippen molar-refractivity contribution >= 4 is 59.2 Å². The third-order valence-corrected chi connectivity index (χ3v) is 5.59. The van der Waals surface area contributed by atoms with Gasteiger partial charge in [0.1, 0.15) is 0 Å². The monoisotopic (exact) mass is 346 g/mol. The normalized spacial score (nSPS) is 35.9. The van der Waals surface area contributed by atoms with Gasteiger partial charge in [0.15, 0.2) is 11.8 Å². The summed E-state index contributed by atoms with van der Waals surface area (Å²) in [7, 11) is 0. The highest BCUT2D eigenvalue weighted by Crippen LogP contribution is 2.55. The molecule has 1 aliphatic carbocycles. The Hall–Kier alpha value is -0.300. The van der Waals surface area contributed by atoms with Gasteiger partial charge in [-0.05, 0) is 12.8 Å². The van der Waals surface area contributed by atoms with Crippen molar-refractivity contribution in [1.82, 2.24) is 17.7 Å². The Morgan fingerprint density at radius 3 is 1.74 bits per heavy atom. The molecule has 0 aromatic heterocycles. The molecule has 4 amide bonds. The van der Waals surface area contributed by atoms with Crippen LogP contribution in [-0.4, -0.2) is 41.6 Å². The van der Waals surface area contributed by atoms with E-state index >= 15 is 0 Å². The van der Waals surface area contributed by atoms with Crippen LogP contribution in [0.15, 0.2) is 0 Å². The molecule has 106 valence electrons. The Morgan fingerprint density at radius 2 is 1.32 bits per heavy atom. The highest BCUT2D eigenvalue weighted by molar-refractivity contribution is 6.34. The zero-order valence-corrected chi connectivity index (χ0v) is 12.6. The van der Waals surface area contributed by atoms with Gasteiger partial charge >= 0.3 is 12.1 Å². The van der Waals surface area contributed by atoms with Crippen molar-refractivity contribution in [2.75, 3.05) is 0 Å². The topological polar surface area (TPSA) is 47.1 Å². The molecule has 19 heavy (non-hydrogen) atoms. The maximum atomic E-state index is 12.0. The Kier molecular flexibility index (Phi) is 3.13. The van der Waals surface area contributed by atoms with Crippen molar-refractivity contribution in [3.05, 3.63) is 0 Å². The Morgan fingerprint density at radius 1 is 0.895 bits per heavy atom. The second-order valence-corrected chi connectivity index (χ2v) is 6.29. The highest BCUT2D eigenvalue weighted by atomic mass is 35.5. The van der Waals surface area contributed by atoms with E-state index in [4.69, 9.17) is 47.1 Å². The molecule has 2 aliphatic heterocycles. The van der Waals surface area contributed by atoms with E-state index in [0.717, 1.165) is 43.4 Å². The molecule has 3 fully saturated rings. The van der Waals surface area contributed by atoms with Crippen LogP contribution in [0.2, 0.25) is 0 Å². The summed E-state index contributed by atoms with van der Waals surface area (Å²) in [5.41, 5.74) is -1.22. The number of nitrogens with zero attached hydrogens (tertiary/aromatic N) is 4. The van der Waals surface area contributed by atoms with E-state index in [2.05, 4.69) is 0 Å². The number of rotatable bonds is 1. The summed E-state index contributed by atoms with van der Waals surface area (Å²) in [5.74, 6) is -0.0621. The molecule has 1 saturated carbocycles. The van der Waals surface area contributed by atoms with E-state index in [1.165, 1.54) is 0 Å². The number of hydrogen-bond donors (Lipinski definition) is 0. The summed E-state index contributed by atoms with van der Waals surface area (Å²) in [5, 5.41) is 0. The number of carbonyl (C=O) groups excluding carboxylic acids is 2. The highest BCUT2D eigenvalue weighted by Gasteiger charge is 2.73. The molecule has 0 atom stereocenters. The van der Waals surface area contributed by atoms with E-state index in [-0.39, 0.29) is 5.92 Å². The molecule has 3 rings (SSSR count). The van der Waals surface area contributed by atoms with Crippen molar-refractivity contribution in [3.8, 4) is 0 Å². The van der Waals surface area contributed by atoms with Gasteiger partial charge in [-0.25, -0.2) is 27.3 Å². The lowest BCUT2D eigenvalue weighted by Crippen LogP contribution is -2.58. The SMILES string of the molecule is O=C1N(Cl)C2N(Cl)C(=O)N(Cl)C2(C2CCCC2)N1Cl. The van der Waals surface area contributed by atoms with Gasteiger partial charge < -0.3 is 0 Å². The van der Waals surface area contributed by atoms with Crippen LogP contribution in [-0.2, 0) is 0 Å². The lowest BCUT2D eigenvalue weighted by atomic mass is 9.90. The molecule has 2 saturated heterocycles. The fourth-order valence-electron chi connectivity index (χ4n) is 3.27. The average Bonchev–Trinajstić information content (AvgIpc) is 3.03. The largest absolute Gasteiger partial charge is 0.353 e. The number of amides is 4. The van der Waals surface area contributed by atoms with Gasteiger partial charge in [0.05, 0.1) is 0 Å². The van der Waals surface area contributed by atoms with Crippen molar-refractivity contribution in [2.45, 2.75) is 37.5 Å². The number of hydrogen-bond acceptors (Lipinski definition) is 2. The first-order chi connectivity index (χ1) is 8.94. The average molecular weight is 348 g/mol. The minimum atomic E-state index is -1.22. The summed E-state index contributed by atoms with van der Waals surface area (Å²) < 4.78 is 3.49. The van der Waals surface area contributed by atoms with Gasteiger partial charge in [-0.1, -0.05) is 12.8 Å². The molecule has 2 heterocycles. The first kappa shape index (κ1) is 13.7. The molecule has 0 radical (unpaired) electrons. The molecule has 0 aromatic rings. The Bertz CT molecular complexity index is 416. The lowest BCUT2D eigenvalue weighted by molar-refractivity contribution is 0.0585. The molecule has 0 unspecified atom stereocenters. The number of carbonyl (C=O) groups is 2. The van der Waals surface area contributed by atoms with Gasteiger partial charge in [0.2, 0.25) is 0 Å². The first-order valence-corrected chi connectivity index (χ1v) is 7.19.